The second-order valence-electron chi connectivity index (χ2n) is 5.03. The Hall–Kier alpha value is -1.34. The molecular weight excluding hydrogens is 194 g/mol. The molecule has 0 radical (unpaired) electrons. The molecule has 2 aromatic carbocycles. The van der Waals surface area contributed by atoms with Crippen molar-refractivity contribution in [3.63, 3.8) is 0 Å². The highest BCUT2D eigenvalue weighted by Gasteiger charge is 2.50. The lowest BCUT2D eigenvalue weighted by atomic mass is 9.92. The van der Waals surface area contributed by atoms with Crippen LogP contribution in [0.15, 0.2) is 42.5 Å². The fourth-order valence-electron chi connectivity index (χ4n) is 2.79. The van der Waals surface area contributed by atoms with E-state index in [0.29, 0.717) is 0 Å². The van der Waals surface area contributed by atoms with Crippen LogP contribution in [0, 0.1) is 5.92 Å². The quantitative estimate of drug-likeness (QED) is 0.811. The number of hydrogen-bond acceptors (Lipinski definition) is 1. The van der Waals surface area contributed by atoms with Gasteiger partial charge in [-0.3, -0.25) is 0 Å². The number of hydrogen-bond donors (Lipinski definition) is 1. The Labute approximate surface area is 96.3 Å². The first-order valence-electron chi connectivity index (χ1n) is 5.96. The van der Waals surface area contributed by atoms with E-state index in [1.54, 1.807) is 0 Å². The molecule has 2 N–H and O–H groups in total. The Bertz CT molecular complexity index is 528. The van der Waals surface area contributed by atoms with Crippen LogP contribution in [0.2, 0.25) is 0 Å². The Morgan fingerprint density at radius 3 is 2.50 bits per heavy atom. The molecule has 1 aliphatic carbocycles. The molecule has 2 atom stereocenters. The van der Waals surface area contributed by atoms with Crippen molar-refractivity contribution in [2.45, 2.75) is 18.8 Å². The van der Waals surface area contributed by atoms with Crippen molar-refractivity contribution in [2.75, 3.05) is 6.54 Å². The Morgan fingerprint density at radius 2 is 1.88 bits per heavy atom. The Kier molecular flexibility index (Phi) is 2.05. The predicted molar refractivity (Wildman–Crippen MR) is 68.5 cm³/mol. The van der Waals surface area contributed by atoms with Gasteiger partial charge in [0.1, 0.15) is 0 Å². The highest BCUT2D eigenvalue weighted by molar-refractivity contribution is 5.83. The summed E-state index contributed by atoms with van der Waals surface area (Å²) in [7, 11) is 0. The van der Waals surface area contributed by atoms with Gasteiger partial charge in [0.25, 0.3) is 0 Å². The van der Waals surface area contributed by atoms with Gasteiger partial charge in [-0.25, -0.2) is 0 Å². The van der Waals surface area contributed by atoms with Gasteiger partial charge in [0.2, 0.25) is 0 Å². The number of nitrogens with two attached hydrogens (primary N) is 1. The van der Waals surface area contributed by atoms with Gasteiger partial charge in [-0.1, -0.05) is 49.4 Å². The third-order valence-electron chi connectivity index (χ3n) is 4.14. The minimum atomic E-state index is 0.268. The molecule has 0 aromatic heterocycles. The number of rotatable bonds is 2. The van der Waals surface area contributed by atoms with E-state index in [0.717, 1.165) is 12.5 Å². The van der Waals surface area contributed by atoms with Crippen molar-refractivity contribution in [1.82, 2.24) is 0 Å². The zero-order valence-electron chi connectivity index (χ0n) is 9.61. The van der Waals surface area contributed by atoms with Crippen LogP contribution in [0.5, 0.6) is 0 Å². The summed E-state index contributed by atoms with van der Waals surface area (Å²) >= 11 is 0. The average Bonchev–Trinajstić information content (AvgIpc) is 3.01. The Balaban J connectivity index is 2.12. The van der Waals surface area contributed by atoms with E-state index < -0.39 is 0 Å². The highest BCUT2D eigenvalue weighted by Crippen LogP contribution is 2.53. The number of benzene rings is 2. The first kappa shape index (κ1) is 9.86. The second kappa shape index (κ2) is 3.33. The smallest absolute Gasteiger partial charge is 0.0104 e. The maximum absolute atomic E-state index is 5.94. The molecule has 1 saturated carbocycles. The molecule has 0 amide bonds. The normalized spacial score (nSPS) is 28.2. The van der Waals surface area contributed by atoms with E-state index >= 15 is 0 Å². The number of fused-ring (bicyclic) bond motifs is 1. The van der Waals surface area contributed by atoms with E-state index in [-0.39, 0.29) is 5.41 Å². The average molecular weight is 211 g/mol. The standard InChI is InChI=1S/C15H17N/c1-11-9-15(11,10-16)14-7-6-12-4-2-3-5-13(12)8-14/h2-8,11H,9-10,16H2,1H3. The molecule has 0 heterocycles. The summed E-state index contributed by atoms with van der Waals surface area (Å²) in [5.74, 6) is 0.735. The van der Waals surface area contributed by atoms with Crippen molar-refractivity contribution >= 4 is 10.8 Å². The predicted octanol–water partition coefficient (Wildman–Crippen LogP) is 3.08. The van der Waals surface area contributed by atoms with E-state index in [9.17, 15) is 0 Å². The molecule has 1 heteroatoms. The minimum absolute atomic E-state index is 0.268. The molecule has 2 unspecified atom stereocenters. The maximum Gasteiger partial charge on any atom is 0.0104 e. The summed E-state index contributed by atoms with van der Waals surface area (Å²) in [4.78, 5) is 0. The van der Waals surface area contributed by atoms with E-state index in [1.165, 1.54) is 22.8 Å². The monoisotopic (exact) mass is 211 g/mol. The lowest BCUT2D eigenvalue weighted by Crippen LogP contribution is -2.21. The fraction of sp³-hybridized carbons (Fsp3) is 0.333. The minimum Gasteiger partial charge on any atom is -0.330 e. The van der Waals surface area contributed by atoms with Crippen LogP contribution in [-0.2, 0) is 5.41 Å². The Morgan fingerprint density at radius 1 is 1.19 bits per heavy atom. The molecule has 0 saturated heterocycles. The molecule has 82 valence electrons. The molecule has 16 heavy (non-hydrogen) atoms. The SMILES string of the molecule is CC1CC1(CN)c1ccc2ccccc2c1. The first-order chi connectivity index (χ1) is 7.76. The van der Waals surface area contributed by atoms with Crippen LogP contribution in [0.1, 0.15) is 18.9 Å². The summed E-state index contributed by atoms with van der Waals surface area (Å²) in [5.41, 5.74) is 7.62. The third kappa shape index (κ3) is 1.28. The van der Waals surface area contributed by atoms with Crippen molar-refractivity contribution in [1.29, 1.82) is 0 Å². The molecule has 1 fully saturated rings. The lowest BCUT2D eigenvalue weighted by Gasteiger charge is -2.15. The van der Waals surface area contributed by atoms with Gasteiger partial charge in [0.15, 0.2) is 0 Å². The fourth-order valence-corrected chi connectivity index (χ4v) is 2.79. The summed E-state index contributed by atoms with van der Waals surface area (Å²) in [5, 5.41) is 2.64. The molecule has 2 aromatic rings. The summed E-state index contributed by atoms with van der Waals surface area (Å²) in [6.45, 7) is 3.06. The zero-order chi connectivity index (χ0) is 11.2. The van der Waals surface area contributed by atoms with Gasteiger partial charge in [0, 0.05) is 12.0 Å². The molecule has 0 spiro atoms. The topological polar surface area (TPSA) is 26.0 Å². The summed E-state index contributed by atoms with van der Waals surface area (Å²) < 4.78 is 0. The zero-order valence-corrected chi connectivity index (χ0v) is 9.61. The van der Waals surface area contributed by atoms with E-state index in [1.807, 2.05) is 0 Å². The van der Waals surface area contributed by atoms with Crippen LogP contribution < -0.4 is 5.73 Å². The van der Waals surface area contributed by atoms with Gasteiger partial charge in [-0.05, 0) is 28.7 Å². The van der Waals surface area contributed by atoms with Crippen LogP contribution >= 0.6 is 0 Å². The highest BCUT2D eigenvalue weighted by atomic mass is 14.7. The molecule has 0 bridgehead atoms. The van der Waals surface area contributed by atoms with Crippen LogP contribution in [0.25, 0.3) is 10.8 Å². The summed E-state index contributed by atoms with van der Waals surface area (Å²) in [6.07, 6.45) is 1.24. The van der Waals surface area contributed by atoms with Crippen molar-refractivity contribution in [2.24, 2.45) is 11.7 Å². The molecule has 0 aliphatic heterocycles. The molecular formula is C15H17N. The van der Waals surface area contributed by atoms with Gasteiger partial charge in [0.05, 0.1) is 0 Å². The summed E-state index contributed by atoms with van der Waals surface area (Å²) in [6, 6.07) is 15.3. The van der Waals surface area contributed by atoms with Gasteiger partial charge in [-0.2, -0.15) is 0 Å². The van der Waals surface area contributed by atoms with Gasteiger partial charge >= 0.3 is 0 Å². The second-order valence-corrected chi connectivity index (χ2v) is 5.03. The molecule has 1 nitrogen and oxygen atoms in total. The third-order valence-corrected chi connectivity index (χ3v) is 4.14. The van der Waals surface area contributed by atoms with E-state index in [4.69, 9.17) is 5.73 Å². The van der Waals surface area contributed by atoms with Crippen LogP contribution in [0.3, 0.4) is 0 Å². The van der Waals surface area contributed by atoms with Crippen LogP contribution in [0.4, 0.5) is 0 Å². The van der Waals surface area contributed by atoms with Crippen molar-refractivity contribution < 1.29 is 0 Å². The van der Waals surface area contributed by atoms with Gasteiger partial charge in [-0.15, -0.1) is 0 Å². The van der Waals surface area contributed by atoms with Crippen LogP contribution in [-0.4, -0.2) is 6.54 Å². The van der Waals surface area contributed by atoms with Gasteiger partial charge < -0.3 is 5.73 Å². The van der Waals surface area contributed by atoms with Crippen molar-refractivity contribution in [3.8, 4) is 0 Å². The maximum atomic E-state index is 5.94. The first-order valence-corrected chi connectivity index (χ1v) is 5.96. The molecule has 3 rings (SSSR count). The van der Waals surface area contributed by atoms with E-state index in [2.05, 4.69) is 49.4 Å². The van der Waals surface area contributed by atoms with Crippen molar-refractivity contribution in [3.05, 3.63) is 48.0 Å². The largest absolute Gasteiger partial charge is 0.330 e. The molecule has 1 aliphatic rings. The lowest BCUT2D eigenvalue weighted by molar-refractivity contribution is 0.642.